The van der Waals surface area contributed by atoms with Crippen molar-refractivity contribution in [3.63, 3.8) is 0 Å². The number of nitrogens with two attached hydrogens (primary N) is 1. The number of amides is 7. The Hall–Kier alpha value is -9.53. The number of nitrogens with zero attached hydrogens (tertiary/aromatic N) is 5. The van der Waals surface area contributed by atoms with Crippen LogP contribution in [0.5, 0.6) is 34.5 Å². The summed E-state index contributed by atoms with van der Waals surface area (Å²) in [6, 6.07) is 47.4. The summed E-state index contributed by atoms with van der Waals surface area (Å²) in [5.41, 5.74) is 6.90. The number of unbranched alkanes of at least 4 members (excludes halogenated alkanes) is 3. The quantitative estimate of drug-likeness (QED) is 0.00658. The summed E-state index contributed by atoms with van der Waals surface area (Å²) in [5.74, 6) is 4.29. The molecule has 752 valence electrons. The van der Waals surface area contributed by atoms with Crippen LogP contribution in [0.4, 0.5) is 24.0 Å². The molecule has 0 aliphatic carbocycles. The fourth-order valence-corrected chi connectivity index (χ4v) is 18.9. The summed E-state index contributed by atoms with van der Waals surface area (Å²) < 4.78 is 50.5. The number of urea groups is 2. The molecule has 0 aromatic heterocycles. The lowest BCUT2D eigenvalue weighted by Gasteiger charge is -2.44. The third-order valence-electron chi connectivity index (χ3n) is 25.8. The number of carbonyl (C=O) groups is 5. The lowest BCUT2D eigenvalue weighted by molar-refractivity contribution is -0.0590. The molecule has 7 aliphatic rings. The SMILES string of the molecule is CC(C)(C)OC(=O)N[C@H]1CCN(C(=N)Cl)C1.CC(C)(C)OC(=O)N[C@H]1CCNC1.COCCCC[C@@](O)(c1ccccc1Oc1ccccc1C)[C@@H]1CCCN(C(=O)N2CC[C@H](N)C2)C1.COCCCC[C@@](O)(c1ccccc1Oc1ccccc1C)[C@@H]1CCCN(C(=O)N2CC[C@H](NC(=O)OC(C)(C)C)C2)C1.COCCCC[C@@](O)(c1ccccc1Oc1ccccc1C)[C@@H]1CCCNC1. The Bertz CT molecular complexity index is 4690. The van der Waals surface area contributed by atoms with Crippen molar-refractivity contribution in [1.29, 1.82) is 5.41 Å². The number of hydrogen-bond acceptors (Lipinski definition) is 21. The van der Waals surface area contributed by atoms with Crippen molar-refractivity contribution in [2.24, 2.45) is 23.5 Å². The predicted molar refractivity (Wildman–Crippen MR) is 534 cm³/mol. The molecule has 0 unspecified atom stereocenters. The summed E-state index contributed by atoms with van der Waals surface area (Å²) in [7, 11) is 5.11. The first-order valence-electron chi connectivity index (χ1n) is 49.2. The molecule has 0 radical (unpaired) electrons. The van der Waals surface area contributed by atoms with E-state index in [1.165, 1.54) is 0 Å². The zero-order chi connectivity index (χ0) is 98.6. The van der Waals surface area contributed by atoms with Crippen molar-refractivity contribution in [1.82, 2.24) is 51.1 Å². The second kappa shape index (κ2) is 53.6. The van der Waals surface area contributed by atoms with Crippen LogP contribution in [0, 0.1) is 43.9 Å². The van der Waals surface area contributed by atoms with Gasteiger partial charge in [-0.25, -0.2) is 24.0 Å². The smallest absolute Gasteiger partial charge is 0.407 e. The number of methoxy groups -OCH3 is 3. The molecule has 13 rings (SSSR count). The van der Waals surface area contributed by atoms with Crippen molar-refractivity contribution >= 4 is 47.2 Å². The van der Waals surface area contributed by atoms with Crippen LogP contribution in [-0.2, 0) is 45.2 Å². The monoisotopic (exact) mass is 1910 g/mol. The van der Waals surface area contributed by atoms with Gasteiger partial charge in [0, 0.05) is 166 Å². The highest BCUT2D eigenvalue weighted by atomic mass is 35.5. The molecule has 0 bridgehead atoms. The number of likely N-dealkylation sites (tertiary alicyclic amines) is 5. The molecule has 6 aromatic rings. The van der Waals surface area contributed by atoms with E-state index in [9.17, 15) is 39.3 Å². The number of rotatable bonds is 30. The Morgan fingerprint density at radius 3 is 1.04 bits per heavy atom. The van der Waals surface area contributed by atoms with Gasteiger partial charge in [-0.1, -0.05) is 109 Å². The van der Waals surface area contributed by atoms with E-state index in [0.717, 1.165) is 185 Å². The number of halogens is 1. The maximum atomic E-state index is 13.7. The number of hydrogen-bond donors (Lipinski definition) is 10. The molecule has 7 saturated heterocycles. The molecule has 7 heterocycles. The van der Waals surface area contributed by atoms with Crippen molar-refractivity contribution < 1.29 is 81.9 Å². The van der Waals surface area contributed by atoms with Crippen LogP contribution in [0.1, 0.15) is 218 Å². The fraction of sp³-hybridized carbons (Fsp3) is 0.604. The Labute approximate surface area is 813 Å². The molecule has 7 aliphatic heterocycles. The summed E-state index contributed by atoms with van der Waals surface area (Å²) in [6.07, 6.45) is 14.5. The molecule has 11 N–H and O–H groups in total. The van der Waals surface area contributed by atoms with E-state index in [-0.39, 0.29) is 65.4 Å². The number of piperidine rings is 3. The second-order valence-corrected chi connectivity index (χ2v) is 40.5. The number of carbonyl (C=O) groups excluding carboxylic acids is 5. The van der Waals surface area contributed by atoms with E-state index in [2.05, 4.69) is 26.6 Å². The van der Waals surface area contributed by atoms with Crippen molar-refractivity contribution in [2.45, 2.75) is 263 Å². The van der Waals surface area contributed by atoms with Crippen LogP contribution >= 0.6 is 11.6 Å². The lowest BCUT2D eigenvalue weighted by Crippen LogP contribution is -2.52. The van der Waals surface area contributed by atoms with Crippen LogP contribution in [0.2, 0.25) is 0 Å². The Morgan fingerprint density at radius 1 is 0.390 bits per heavy atom. The number of aryl methyl sites for hydroxylation is 3. The van der Waals surface area contributed by atoms with E-state index in [4.69, 9.17) is 65.4 Å². The Morgan fingerprint density at radius 2 is 0.713 bits per heavy atom. The van der Waals surface area contributed by atoms with Crippen LogP contribution < -0.4 is 46.5 Å². The average molecular weight is 1910 g/mol. The molecular formula is C106H159ClN12O17. The number of para-hydroxylation sites is 6. The van der Waals surface area contributed by atoms with Gasteiger partial charge in [0.25, 0.3) is 0 Å². The van der Waals surface area contributed by atoms with E-state index in [0.29, 0.717) is 116 Å². The standard InChI is InChI=1S/C34H49N3O6.C29H41N3O4.C24H33NO3.C10H18ClN3O2.C9H18N2O2/c1-25-13-6-8-16-29(25)42-30-17-9-7-15-28(30)34(40,19-10-11-22-41-5)26-14-12-20-36(23-26)32(39)37-21-18-27(24-37)35-31(38)43-33(2,3)4;1-22-10-3-5-13-26(22)36-27-14-6-4-12-25(27)29(34,16-7-8-19-35-2)23-11-9-17-31(20-23)28(33)32-18-15-24(30)21-32;1-19-10-3-5-13-22(19)28-23-14-6-4-12-21(23)24(26,15-7-8-17-27-2)20-11-9-16-25-18-20;1-10(2,3)16-9(15)13-7-4-5-14(6-7)8(11)12;1-9(2,3)13-8(12)11-7-4-5-10-6-7/h6-9,13,15-17,26-27,40H,10-12,14,18-24H2,1-5H3,(H,35,38);3-6,10,12-14,23-24,34H,7-9,11,15-21,30H2,1-2H3;3-6,10,12-14,20,25-26H,7-9,11,15-18H2,1-2H3;7,12H,4-6H2,1-3H3,(H,13,15);7,10H,4-6H2,1-3H3,(H,11,12)/t26-,27+,34+;23-,24+,29+;20-,24+;2*7-/m11100/s1. The Balaban J connectivity index is 0.000000202. The molecule has 7 fully saturated rings. The van der Waals surface area contributed by atoms with Crippen molar-refractivity contribution in [3.05, 3.63) is 179 Å². The van der Waals surface area contributed by atoms with Gasteiger partial charge in [0.05, 0.1) is 28.9 Å². The highest BCUT2D eigenvalue weighted by Gasteiger charge is 2.47. The number of alkyl carbamates (subject to hydrolysis) is 3. The number of aliphatic hydroxyl groups is 3. The summed E-state index contributed by atoms with van der Waals surface area (Å²) in [5, 5.41) is 59.4. The summed E-state index contributed by atoms with van der Waals surface area (Å²) >= 11 is 5.56. The first kappa shape index (κ1) is 110. The Kier molecular flexibility index (Phi) is 43.4. The fourth-order valence-electron chi connectivity index (χ4n) is 18.7. The molecule has 6 aromatic carbocycles. The molecular weight excluding hydrogens is 1750 g/mol. The van der Waals surface area contributed by atoms with Crippen molar-refractivity contribution in [2.75, 3.05) is 133 Å². The summed E-state index contributed by atoms with van der Waals surface area (Å²) in [6.45, 7) is 34.2. The highest BCUT2D eigenvalue weighted by Crippen LogP contribution is 2.49. The number of benzene rings is 6. The molecule has 7 amide bonds. The van der Waals surface area contributed by atoms with Crippen molar-refractivity contribution in [3.8, 4) is 34.5 Å². The van der Waals surface area contributed by atoms with Crippen LogP contribution in [0.25, 0.3) is 0 Å². The molecule has 29 nitrogen and oxygen atoms in total. The van der Waals surface area contributed by atoms with Gasteiger partial charge in [-0.2, -0.15) is 0 Å². The minimum absolute atomic E-state index is 0.00829. The van der Waals surface area contributed by atoms with Crippen LogP contribution in [-0.4, -0.2) is 249 Å². The topological polar surface area (TPSA) is 355 Å². The van der Waals surface area contributed by atoms with E-state index >= 15 is 0 Å². The van der Waals surface area contributed by atoms with Gasteiger partial charge in [0.1, 0.15) is 51.3 Å². The number of amidine groups is 1. The van der Waals surface area contributed by atoms with E-state index in [1.807, 2.05) is 243 Å². The predicted octanol–water partition coefficient (Wildman–Crippen LogP) is 18.3. The number of ether oxygens (including phenoxy) is 9. The normalized spacial score (nSPS) is 20.8. The number of nitrogens with one attached hydrogen (secondary N) is 6. The van der Waals surface area contributed by atoms with Gasteiger partial charge in [-0.05, 0) is 283 Å². The lowest BCUT2D eigenvalue weighted by atomic mass is 9.73. The first-order valence-corrected chi connectivity index (χ1v) is 49.5. The summed E-state index contributed by atoms with van der Waals surface area (Å²) in [4.78, 5) is 71.1. The third kappa shape index (κ3) is 34.5. The van der Waals surface area contributed by atoms with Gasteiger partial charge in [-0.3, -0.25) is 5.41 Å². The molecule has 0 saturated carbocycles. The molecule has 30 heteroatoms. The zero-order valence-electron chi connectivity index (χ0n) is 83.6. The van der Waals surface area contributed by atoms with Gasteiger partial charge in [-0.15, -0.1) is 0 Å². The van der Waals surface area contributed by atoms with Crippen LogP contribution in [0.3, 0.4) is 0 Å². The minimum atomic E-state index is -1.20. The van der Waals surface area contributed by atoms with E-state index in [1.54, 1.807) is 31.1 Å². The van der Waals surface area contributed by atoms with Gasteiger partial charge < -0.3 is 115 Å². The average Bonchev–Trinajstić information content (AvgIpc) is 0.965. The van der Waals surface area contributed by atoms with Gasteiger partial charge in [0.15, 0.2) is 5.29 Å². The minimum Gasteiger partial charge on any atom is -0.457 e. The van der Waals surface area contributed by atoms with E-state index < -0.39 is 45.8 Å². The largest absolute Gasteiger partial charge is 0.457 e. The second-order valence-electron chi connectivity index (χ2n) is 40.2. The van der Waals surface area contributed by atoms with Gasteiger partial charge >= 0.3 is 30.3 Å². The molecule has 136 heavy (non-hydrogen) atoms. The molecule has 10 atom stereocenters. The molecule has 0 spiro atoms. The highest BCUT2D eigenvalue weighted by molar-refractivity contribution is 6.63. The zero-order valence-corrected chi connectivity index (χ0v) is 84.4. The first-order chi connectivity index (χ1) is 64.8. The maximum absolute atomic E-state index is 13.7. The third-order valence-corrected chi connectivity index (χ3v) is 26.1. The maximum Gasteiger partial charge on any atom is 0.407 e. The van der Waals surface area contributed by atoms with Crippen LogP contribution in [0.15, 0.2) is 146 Å². The van der Waals surface area contributed by atoms with Gasteiger partial charge in [0.2, 0.25) is 0 Å².